The molecule has 1 rings (SSSR count). The fourth-order valence-electron chi connectivity index (χ4n) is 3.26. The molecule has 1 heteroatoms. The van der Waals surface area contributed by atoms with E-state index in [-0.39, 0.29) is 0 Å². The summed E-state index contributed by atoms with van der Waals surface area (Å²) in [5.74, 6) is 1.97. The third-order valence-electron chi connectivity index (χ3n) is 4.47. The lowest BCUT2D eigenvalue weighted by Gasteiger charge is -2.36. The summed E-state index contributed by atoms with van der Waals surface area (Å²) in [4.78, 5) is 0. The standard InChI is InChI=1S/C15H31N/c1-4-6-7-8-9-14-12-13(5-2)10-11-15(14)16-3/h13-16H,4-12H2,1-3H3. The first-order valence-corrected chi connectivity index (χ1v) is 7.49. The molecular weight excluding hydrogens is 194 g/mol. The van der Waals surface area contributed by atoms with Crippen molar-refractivity contribution in [1.82, 2.24) is 5.32 Å². The SMILES string of the molecule is CCCCCCC1CC(CC)CCC1NC. The predicted molar refractivity (Wildman–Crippen MR) is 72.7 cm³/mol. The molecule has 1 N–H and O–H groups in total. The molecule has 0 heterocycles. The van der Waals surface area contributed by atoms with Crippen molar-refractivity contribution in [2.45, 2.75) is 77.7 Å². The Morgan fingerprint density at radius 2 is 1.88 bits per heavy atom. The van der Waals surface area contributed by atoms with Crippen LogP contribution in [0.1, 0.15) is 71.6 Å². The summed E-state index contributed by atoms with van der Waals surface area (Å²) < 4.78 is 0. The highest BCUT2D eigenvalue weighted by atomic mass is 14.9. The van der Waals surface area contributed by atoms with Gasteiger partial charge < -0.3 is 5.32 Å². The zero-order valence-corrected chi connectivity index (χ0v) is 11.6. The Kier molecular flexibility index (Phi) is 7.11. The molecule has 3 unspecified atom stereocenters. The normalized spacial score (nSPS) is 30.6. The van der Waals surface area contributed by atoms with E-state index in [0.717, 1.165) is 17.9 Å². The Morgan fingerprint density at radius 1 is 1.06 bits per heavy atom. The highest BCUT2D eigenvalue weighted by Gasteiger charge is 2.27. The minimum absolute atomic E-state index is 0.810. The van der Waals surface area contributed by atoms with Gasteiger partial charge in [-0.3, -0.25) is 0 Å². The highest BCUT2D eigenvalue weighted by Crippen LogP contribution is 2.34. The summed E-state index contributed by atoms with van der Waals surface area (Å²) in [5, 5.41) is 3.54. The molecule has 1 nitrogen and oxygen atoms in total. The smallest absolute Gasteiger partial charge is 0.00925 e. The van der Waals surface area contributed by atoms with Crippen LogP contribution in [0.25, 0.3) is 0 Å². The Balaban J connectivity index is 2.27. The summed E-state index contributed by atoms with van der Waals surface area (Å²) in [6, 6.07) is 0.810. The average Bonchev–Trinajstić information content (AvgIpc) is 2.34. The number of rotatable bonds is 7. The van der Waals surface area contributed by atoms with Crippen LogP contribution in [0.3, 0.4) is 0 Å². The van der Waals surface area contributed by atoms with Gasteiger partial charge in [0.15, 0.2) is 0 Å². The second kappa shape index (κ2) is 8.11. The molecule has 16 heavy (non-hydrogen) atoms. The van der Waals surface area contributed by atoms with Crippen LogP contribution in [0.15, 0.2) is 0 Å². The summed E-state index contributed by atoms with van der Waals surface area (Å²) in [5.41, 5.74) is 0. The average molecular weight is 225 g/mol. The summed E-state index contributed by atoms with van der Waals surface area (Å²) >= 11 is 0. The van der Waals surface area contributed by atoms with E-state index in [0.29, 0.717) is 0 Å². The molecule has 0 saturated heterocycles. The van der Waals surface area contributed by atoms with Gasteiger partial charge in [0.2, 0.25) is 0 Å². The minimum atomic E-state index is 0.810. The molecule has 1 saturated carbocycles. The van der Waals surface area contributed by atoms with Crippen molar-refractivity contribution in [2.24, 2.45) is 11.8 Å². The monoisotopic (exact) mass is 225 g/mol. The molecule has 96 valence electrons. The van der Waals surface area contributed by atoms with E-state index >= 15 is 0 Å². The van der Waals surface area contributed by atoms with Crippen LogP contribution in [0, 0.1) is 11.8 Å². The van der Waals surface area contributed by atoms with Crippen molar-refractivity contribution in [2.75, 3.05) is 7.05 Å². The molecule has 0 aliphatic heterocycles. The van der Waals surface area contributed by atoms with Crippen LogP contribution >= 0.6 is 0 Å². The summed E-state index contributed by atoms with van der Waals surface area (Å²) in [6.45, 7) is 4.66. The summed E-state index contributed by atoms with van der Waals surface area (Å²) in [7, 11) is 2.15. The number of unbranched alkanes of at least 4 members (excludes halogenated alkanes) is 3. The van der Waals surface area contributed by atoms with Gasteiger partial charge >= 0.3 is 0 Å². The van der Waals surface area contributed by atoms with Gasteiger partial charge in [-0.05, 0) is 44.6 Å². The zero-order valence-electron chi connectivity index (χ0n) is 11.6. The second-order valence-corrected chi connectivity index (χ2v) is 5.59. The maximum Gasteiger partial charge on any atom is 0.00925 e. The fourth-order valence-corrected chi connectivity index (χ4v) is 3.26. The largest absolute Gasteiger partial charge is 0.317 e. The molecule has 1 aliphatic carbocycles. The van der Waals surface area contributed by atoms with Crippen LogP contribution in [-0.2, 0) is 0 Å². The van der Waals surface area contributed by atoms with Crippen molar-refractivity contribution < 1.29 is 0 Å². The Morgan fingerprint density at radius 3 is 2.50 bits per heavy atom. The van der Waals surface area contributed by atoms with Gasteiger partial charge in [0.25, 0.3) is 0 Å². The first kappa shape index (κ1) is 14.0. The van der Waals surface area contributed by atoms with Gasteiger partial charge in [0.05, 0.1) is 0 Å². The first-order valence-electron chi connectivity index (χ1n) is 7.49. The molecule has 0 aromatic heterocycles. The van der Waals surface area contributed by atoms with E-state index in [1.807, 2.05) is 0 Å². The third kappa shape index (κ3) is 4.45. The van der Waals surface area contributed by atoms with Crippen molar-refractivity contribution in [3.05, 3.63) is 0 Å². The third-order valence-corrected chi connectivity index (χ3v) is 4.47. The Bertz CT molecular complexity index is 167. The van der Waals surface area contributed by atoms with Crippen LogP contribution < -0.4 is 5.32 Å². The van der Waals surface area contributed by atoms with E-state index in [4.69, 9.17) is 0 Å². The van der Waals surface area contributed by atoms with Crippen LogP contribution in [-0.4, -0.2) is 13.1 Å². The topological polar surface area (TPSA) is 12.0 Å². The molecule has 1 aliphatic rings. The molecule has 0 aromatic carbocycles. The Labute approximate surface area is 102 Å². The van der Waals surface area contributed by atoms with Crippen molar-refractivity contribution in [1.29, 1.82) is 0 Å². The minimum Gasteiger partial charge on any atom is -0.317 e. The summed E-state index contributed by atoms with van der Waals surface area (Å²) in [6.07, 6.45) is 12.9. The van der Waals surface area contributed by atoms with Gasteiger partial charge in [-0.25, -0.2) is 0 Å². The lowest BCUT2D eigenvalue weighted by Crippen LogP contribution is -2.38. The molecule has 0 radical (unpaired) electrons. The number of hydrogen-bond acceptors (Lipinski definition) is 1. The van der Waals surface area contributed by atoms with Crippen LogP contribution in [0.2, 0.25) is 0 Å². The molecule has 1 fully saturated rings. The van der Waals surface area contributed by atoms with E-state index in [1.165, 1.54) is 57.8 Å². The maximum atomic E-state index is 3.54. The molecular formula is C15H31N. The fraction of sp³-hybridized carbons (Fsp3) is 1.00. The number of nitrogens with one attached hydrogen (secondary N) is 1. The Hall–Kier alpha value is -0.0400. The highest BCUT2D eigenvalue weighted by molar-refractivity contribution is 4.83. The predicted octanol–water partition coefficient (Wildman–Crippen LogP) is 4.37. The van der Waals surface area contributed by atoms with Crippen LogP contribution in [0.4, 0.5) is 0 Å². The lowest BCUT2D eigenvalue weighted by molar-refractivity contribution is 0.193. The van der Waals surface area contributed by atoms with E-state index in [2.05, 4.69) is 26.2 Å². The second-order valence-electron chi connectivity index (χ2n) is 5.59. The van der Waals surface area contributed by atoms with E-state index in [1.54, 1.807) is 0 Å². The molecule has 0 bridgehead atoms. The molecule has 0 aromatic rings. The van der Waals surface area contributed by atoms with Gasteiger partial charge in [0.1, 0.15) is 0 Å². The van der Waals surface area contributed by atoms with Crippen molar-refractivity contribution in [3.63, 3.8) is 0 Å². The lowest BCUT2D eigenvalue weighted by atomic mass is 9.75. The van der Waals surface area contributed by atoms with Crippen LogP contribution in [0.5, 0.6) is 0 Å². The van der Waals surface area contributed by atoms with Crippen molar-refractivity contribution in [3.8, 4) is 0 Å². The molecule has 0 spiro atoms. The van der Waals surface area contributed by atoms with Gasteiger partial charge in [-0.2, -0.15) is 0 Å². The van der Waals surface area contributed by atoms with Crippen molar-refractivity contribution >= 4 is 0 Å². The maximum absolute atomic E-state index is 3.54. The van der Waals surface area contributed by atoms with E-state index < -0.39 is 0 Å². The first-order chi connectivity index (χ1) is 7.81. The zero-order chi connectivity index (χ0) is 11.8. The quantitative estimate of drug-likeness (QED) is 0.634. The number of hydrogen-bond donors (Lipinski definition) is 1. The van der Waals surface area contributed by atoms with Gasteiger partial charge in [0, 0.05) is 6.04 Å². The molecule has 0 amide bonds. The molecule has 3 atom stereocenters. The van der Waals surface area contributed by atoms with Gasteiger partial charge in [-0.1, -0.05) is 46.0 Å². The van der Waals surface area contributed by atoms with Gasteiger partial charge in [-0.15, -0.1) is 0 Å². The van der Waals surface area contributed by atoms with E-state index in [9.17, 15) is 0 Å².